The van der Waals surface area contributed by atoms with Crippen molar-refractivity contribution < 1.29 is 9.90 Å². The summed E-state index contributed by atoms with van der Waals surface area (Å²) in [5.74, 6) is 0.618. The van der Waals surface area contributed by atoms with Crippen LogP contribution in [-0.2, 0) is 4.79 Å². The Morgan fingerprint density at radius 3 is 2.50 bits per heavy atom. The Labute approximate surface area is 122 Å². The number of aryl methyl sites for hydroxylation is 2. The summed E-state index contributed by atoms with van der Waals surface area (Å²) in [6.07, 6.45) is 2.88. The molecule has 1 aromatic rings. The Morgan fingerprint density at radius 2 is 1.95 bits per heavy atom. The molecule has 1 fully saturated rings. The number of carboxylic acid groups (broad SMARTS) is 1. The standard InChI is InChI=1S/C18H26O2/c1-11(2)14-6-8-16(18(19)20)17(10-14)15-7-5-12(3)9-13(15)4/h5,7,9,11,14,16-17H,6,8,10H2,1-4H3,(H,19,20). The molecular formula is C18H26O2. The minimum absolute atomic E-state index is 0.175. The predicted molar refractivity (Wildman–Crippen MR) is 82.0 cm³/mol. The van der Waals surface area contributed by atoms with Crippen LogP contribution in [0.25, 0.3) is 0 Å². The van der Waals surface area contributed by atoms with Crippen LogP contribution < -0.4 is 0 Å². The number of hydrogen-bond acceptors (Lipinski definition) is 1. The molecule has 2 heteroatoms. The summed E-state index contributed by atoms with van der Waals surface area (Å²) in [7, 11) is 0. The zero-order valence-electron chi connectivity index (χ0n) is 13.0. The lowest BCUT2D eigenvalue weighted by Crippen LogP contribution is -2.31. The molecule has 1 saturated carbocycles. The second kappa shape index (κ2) is 5.99. The summed E-state index contributed by atoms with van der Waals surface area (Å²) in [5.41, 5.74) is 3.73. The van der Waals surface area contributed by atoms with Crippen LogP contribution in [0.15, 0.2) is 18.2 Å². The first-order chi connectivity index (χ1) is 9.40. The highest BCUT2D eigenvalue weighted by Gasteiger charge is 2.37. The molecule has 0 amide bonds. The van der Waals surface area contributed by atoms with E-state index in [1.165, 1.54) is 16.7 Å². The fourth-order valence-corrected chi connectivity index (χ4v) is 3.69. The fraction of sp³-hybridized carbons (Fsp3) is 0.611. The number of carboxylic acids is 1. The van der Waals surface area contributed by atoms with Gasteiger partial charge in [0.15, 0.2) is 0 Å². The van der Waals surface area contributed by atoms with E-state index in [0.29, 0.717) is 11.8 Å². The van der Waals surface area contributed by atoms with Crippen LogP contribution >= 0.6 is 0 Å². The maximum absolute atomic E-state index is 11.6. The zero-order chi connectivity index (χ0) is 14.9. The number of hydrogen-bond donors (Lipinski definition) is 1. The number of rotatable bonds is 3. The Morgan fingerprint density at radius 1 is 1.25 bits per heavy atom. The van der Waals surface area contributed by atoms with Gasteiger partial charge < -0.3 is 5.11 Å². The van der Waals surface area contributed by atoms with Gasteiger partial charge in [0.05, 0.1) is 5.92 Å². The van der Waals surface area contributed by atoms with E-state index in [9.17, 15) is 9.90 Å². The third kappa shape index (κ3) is 3.05. The molecule has 0 aromatic heterocycles. The third-order valence-electron chi connectivity index (χ3n) is 4.98. The highest BCUT2D eigenvalue weighted by molar-refractivity contribution is 5.71. The van der Waals surface area contributed by atoms with Crippen LogP contribution in [0.2, 0.25) is 0 Å². The minimum Gasteiger partial charge on any atom is -0.481 e. The fourth-order valence-electron chi connectivity index (χ4n) is 3.69. The molecule has 0 aliphatic heterocycles. The first kappa shape index (κ1) is 15.1. The molecule has 1 N–H and O–H groups in total. The van der Waals surface area contributed by atoms with Gasteiger partial charge in [-0.25, -0.2) is 0 Å². The van der Waals surface area contributed by atoms with Gasteiger partial charge in [-0.2, -0.15) is 0 Å². The normalized spacial score (nSPS) is 26.8. The van der Waals surface area contributed by atoms with Gasteiger partial charge in [-0.05, 0) is 62.0 Å². The van der Waals surface area contributed by atoms with Gasteiger partial charge in [-0.3, -0.25) is 4.79 Å². The van der Waals surface area contributed by atoms with E-state index in [1.807, 2.05) is 0 Å². The highest BCUT2D eigenvalue weighted by atomic mass is 16.4. The Balaban J connectivity index is 2.33. The van der Waals surface area contributed by atoms with E-state index in [-0.39, 0.29) is 11.8 Å². The second-order valence-corrected chi connectivity index (χ2v) is 6.73. The van der Waals surface area contributed by atoms with Crippen molar-refractivity contribution in [3.63, 3.8) is 0 Å². The quantitative estimate of drug-likeness (QED) is 0.878. The SMILES string of the molecule is Cc1ccc(C2CC(C(C)C)CCC2C(=O)O)c(C)c1. The molecule has 0 heterocycles. The topological polar surface area (TPSA) is 37.3 Å². The zero-order valence-corrected chi connectivity index (χ0v) is 13.0. The summed E-state index contributed by atoms with van der Waals surface area (Å²) in [6.45, 7) is 8.71. The van der Waals surface area contributed by atoms with Gasteiger partial charge >= 0.3 is 5.97 Å². The van der Waals surface area contributed by atoms with Crippen molar-refractivity contribution in [3.8, 4) is 0 Å². The van der Waals surface area contributed by atoms with Crippen LogP contribution in [0.1, 0.15) is 55.7 Å². The molecule has 1 aliphatic rings. The third-order valence-corrected chi connectivity index (χ3v) is 4.98. The highest BCUT2D eigenvalue weighted by Crippen LogP contribution is 2.44. The molecule has 2 nitrogen and oxygen atoms in total. The van der Waals surface area contributed by atoms with Crippen molar-refractivity contribution >= 4 is 5.97 Å². The van der Waals surface area contributed by atoms with Crippen LogP contribution in [-0.4, -0.2) is 11.1 Å². The number of carbonyl (C=O) groups is 1. The maximum atomic E-state index is 11.6. The number of benzene rings is 1. The van der Waals surface area contributed by atoms with Gasteiger partial charge in [-0.15, -0.1) is 0 Å². The first-order valence-corrected chi connectivity index (χ1v) is 7.70. The van der Waals surface area contributed by atoms with E-state index in [1.54, 1.807) is 0 Å². The molecular weight excluding hydrogens is 248 g/mol. The van der Waals surface area contributed by atoms with E-state index in [4.69, 9.17) is 0 Å². The van der Waals surface area contributed by atoms with E-state index in [2.05, 4.69) is 45.9 Å². The van der Waals surface area contributed by atoms with E-state index < -0.39 is 5.97 Å². The van der Waals surface area contributed by atoms with E-state index in [0.717, 1.165) is 19.3 Å². The van der Waals surface area contributed by atoms with Crippen LogP contribution in [0.3, 0.4) is 0 Å². The summed E-state index contributed by atoms with van der Waals surface area (Å²) >= 11 is 0. The molecule has 0 bridgehead atoms. The lowest BCUT2D eigenvalue weighted by molar-refractivity contribution is -0.144. The summed E-state index contributed by atoms with van der Waals surface area (Å²) in [6, 6.07) is 6.43. The van der Waals surface area contributed by atoms with Crippen molar-refractivity contribution in [3.05, 3.63) is 34.9 Å². The van der Waals surface area contributed by atoms with Crippen molar-refractivity contribution in [2.45, 2.75) is 52.9 Å². The molecule has 1 aromatic carbocycles. The van der Waals surface area contributed by atoms with Gasteiger partial charge in [0.1, 0.15) is 0 Å². The van der Waals surface area contributed by atoms with Crippen molar-refractivity contribution in [1.82, 2.24) is 0 Å². The lowest BCUT2D eigenvalue weighted by Gasteiger charge is -2.37. The number of aliphatic carboxylic acids is 1. The molecule has 0 saturated heterocycles. The summed E-state index contributed by atoms with van der Waals surface area (Å²) in [4.78, 5) is 11.6. The Kier molecular flexibility index (Phi) is 4.52. The van der Waals surface area contributed by atoms with Crippen LogP contribution in [0.4, 0.5) is 0 Å². The summed E-state index contributed by atoms with van der Waals surface area (Å²) in [5, 5.41) is 9.54. The van der Waals surface area contributed by atoms with E-state index >= 15 is 0 Å². The summed E-state index contributed by atoms with van der Waals surface area (Å²) < 4.78 is 0. The van der Waals surface area contributed by atoms with Crippen molar-refractivity contribution in [1.29, 1.82) is 0 Å². The smallest absolute Gasteiger partial charge is 0.307 e. The molecule has 20 heavy (non-hydrogen) atoms. The Bertz CT molecular complexity index is 490. The van der Waals surface area contributed by atoms with Crippen molar-refractivity contribution in [2.75, 3.05) is 0 Å². The molecule has 110 valence electrons. The first-order valence-electron chi connectivity index (χ1n) is 7.70. The second-order valence-electron chi connectivity index (χ2n) is 6.73. The average molecular weight is 274 g/mol. The lowest BCUT2D eigenvalue weighted by atomic mass is 9.67. The average Bonchev–Trinajstić information content (AvgIpc) is 2.37. The maximum Gasteiger partial charge on any atom is 0.307 e. The molecule has 3 unspecified atom stereocenters. The van der Waals surface area contributed by atoms with Gasteiger partial charge in [0, 0.05) is 0 Å². The van der Waals surface area contributed by atoms with Crippen molar-refractivity contribution in [2.24, 2.45) is 17.8 Å². The minimum atomic E-state index is -0.628. The predicted octanol–water partition coefficient (Wildman–Crippen LogP) is 4.54. The van der Waals surface area contributed by atoms with Gasteiger partial charge in [-0.1, -0.05) is 37.6 Å². The van der Waals surface area contributed by atoms with Crippen LogP contribution in [0, 0.1) is 31.6 Å². The monoisotopic (exact) mass is 274 g/mol. The molecule has 0 spiro atoms. The largest absolute Gasteiger partial charge is 0.481 e. The molecule has 1 aliphatic carbocycles. The van der Waals surface area contributed by atoms with Crippen LogP contribution in [0.5, 0.6) is 0 Å². The van der Waals surface area contributed by atoms with Gasteiger partial charge in [0.25, 0.3) is 0 Å². The molecule has 2 rings (SSSR count). The van der Waals surface area contributed by atoms with Gasteiger partial charge in [0.2, 0.25) is 0 Å². The molecule has 0 radical (unpaired) electrons. The molecule has 3 atom stereocenters. The Hall–Kier alpha value is -1.31.